The Labute approximate surface area is 128 Å². The van der Waals surface area contributed by atoms with Gasteiger partial charge >= 0.3 is 115 Å². The van der Waals surface area contributed by atoms with E-state index in [4.69, 9.17) is 0 Å². The standard InChI is InChI=1S/Ba.3O.Sr.W.4H/q;3*-2;;+6;;;;. The molecule has 6 heteroatoms. The molecule has 0 radical (unpaired) electrons. The first kappa shape index (κ1) is 54.5. The van der Waals surface area contributed by atoms with Gasteiger partial charge in [-0.2, -0.15) is 0 Å². The number of hydrogen-bond donors (Lipinski definition) is 0. The fourth-order valence-electron chi connectivity index (χ4n) is 0. The van der Waals surface area contributed by atoms with E-state index < -0.39 is 0 Å². The topological polar surface area (TPSA) is 85.5 Å². The van der Waals surface area contributed by atoms with Crippen molar-refractivity contribution in [1.82, 2.24) is 0 Å². The van der Waals surface area contributed by atoms with Crippen LogP contribution in [0.3, 0.4) is 0 Å². The quantitative estimate of drug-likeness (QED) is 0.368. The molecule has 0 aliphatic rings. The number of hydrogen-bond acceptors (Lipinski definition) is 0. The molecular weight excluding hydrogens is 457 g/mol. The van der Waals surface area contributed by atoms with Crippen molar-refractivity contribution in [2.75, 3.05) is 0 Å². The van der Waals surface area contributed by atoms with Gasteiger partial charge in [0.05, 0.1) is 0 Å². The minimum Gasteiger partial charge on any atom is 6.00 e. The van der Waals surface area contributed by atoms with Crippen LogP contribution in [0.25, 0.3) is 0 Å². The van der Waals surface area contributed by atoms with Gasteiger partial charge in [0.2, 0.25) is 0 Å². The van der Waals surface area contributed by atoms with Crippen LogP contribution in [0.1, 0.15) is 0 Å². The van der Waals surface area contributed by atoms with Crippen LogP contribution in [0.2, 0.25) is 0 Å². The molecule has 0 heterocycles. The molecule has 3 nitrogen and oxygen atoms in total. The Morgan fingerprint density at radius 1 is 0.667 bits per heavy atom. The van der Waals surface area contributed by atoms with E-state index in [0.29, 0.717) is 0 Å². The predicted molar refractivity (Wildman–Crippen MR) is 19.1 cm³/mol. The van der Waals surface area contributed by atoms with Crippen LogP contribution in [0.5, 0.6) is 0 Å². The molecule has 0 fully saturated rings. The SMILES string of the molecule is [BaH2].[O-2].[O-2].[O-2].[SrH2].[W+6]. The van der Waals surface area contributed by atoms with Gasteiger partial charge in [-0.1, -0.05) is 0 Å². The van der Waals surface area contributed by atoms with Crippen molar-refractivity contribution in [2.24, 2.45) is 0 Å². The van der Waals surface area contributed by atoms with Crippen molar-refractivity contribution in [2.45, 2.75) is 0 Å². The predicted octanol–water partition coefficient (Wildman–Crippen LogP) is -2.19. The van der Waals surface area contributed by atoms with Crippen LogP contribution in [0.4, 0.5) is 0 Å². The van der Waals surface area contributed by atoms with Crippen molar-refractivity contribution in [3.63, 3.8) is 0 Å². The van der Waals surface area contributed by atoms with E-state index in [1.807, 2.05) is 0 Å². The van der Waals surface area contributed by atoms with Crippen molar-refractivity contribution in [1.29, 1.82) is 0 Å². The summed E-state index contributed by atoms with van der Waals surface area (Å²) in [4.78, 5) is 0. The summed E-state index contributed by atoms with van der Waals surface area (Å²) in [5.41, 5.74) is 0. The van der Waals surface area contributed by atoms with Crippen LogP contribution >= 0.6 is 0 Å². The second kappa shape index (κ2) is 38.2. The normalized spacial score (nSPS) is 0. The zero-order valence-corrected chi connectivity index (χ0v) is 4.57. The summed E-state index contributed by atoms with van der Waals surface area (Å²) in [6.45, 7) is 0. The number of rotatable bonds is 0. The Hall–Kier alpha value is 3.62. The van der Waals surface area contributed by atoms with Crippen molar-refractivity contribution >= 4 is 94.4 Å². The van der Waals surface area contributed by atoms with Gasteiger partial charge in [-0.25, -0.2) is 0 Å². The van der Waals surface area contributed by atoms with Gasteiger partial charge in [-0.3, -0.25) is 0 Å². The summed E-state index contributed by atoms with van der Waals surface area (Å²) in [7, 11) is 0. The molecule has 0 saturated carbocycles. The first-order chi connectivity index (χ1) is 0. The summed E-state index contributed by atoms with van der Waals surface area (Å²) in [5, 5.41) is 0. The fourth-order valence-corrected chi connectivity index (χ4v) is 0. The molecule has 0 saturated heterocycles. The molecule has 0 unspecified atom stereocenters. The molecule has 0 N–H and O–H groups in total. The minimum absolute atomic E-state index is 0. The third-order valence-corrected chi connectivity index (χ3v) is 0. The first-order valence-corrected chi connectivity index (χ1v) is 0. The summed E-state index contributed by atoms with van der Waals surface area (Å²) in [5.74, 6) is 0. The zero-order chi connectivity index (χ0) is 0. The Bertz CT molecular complexity index is 10.8. The second-order valence-electron chi connectivity index (χ2n) is 0. The molecule has 0 aromatic heterocycles. The fraction of sp³-hybridized carbons (Fsp3) is 0. The molecule has 32 valence electrons. The van der Waals surface area contributed by atoms with E-state index in [9.17, 15) is 0 Å². The molecule has 0 aromatic rings. The minimum atomic E-state index is 0. The molecule has 0 atom stereocenters. The van der Waals surface area contributed by atoms with Crippen LogP contribution < -0.4 is 0 Å². The zero-order valence-electron chi connectivity index (χ0n) is 1.63. The van der Waals surface area contributed by atoms with Gasteiger partial charge in [-0.15, -0.1) is 0 Å². The monoisotopic (exact) mass is 462 g/mol. The summed E-state index contributed by atoms with van der Waals surface area (Å²) < 4.78 is 0. The third kappa shape index (κ3) is 25.5. The molecule has 0 aliphatic carbocycles. The smallest absolute Gasteiger partial charge is 6.00 e. The molecule has 0 spiro atoms. The van der Waals surface area contributed by atoms with Crippen molar-refractivity contribution < 1.29 is 37.5 Å². The maximum absolute atomic E-state index is 0. The first-order valence-electron chi connectivity index (χ1n) is 0. The largest absolute Gasteiger partial charge is 6.00 e. The van der Waals surface area contributed by atoms with E-state index >= 15 is 0 Å². The second-order valence-corrected chi connectivity index (χ2v) is 0. The van der Waals surface area contributed by atoms with Crippen molar-refractivity contribution in [3.05, 3.63) is 0 Å². The van der Waals surface area contributed by atoms with Gasteiger partial charge < -0.3 is 16.4 Å². The van der Waals surface area contributed by atoms with E-state index in [-0.39, 0.29) is 132 Å². The summed E-state index contributed by atoms with van der Waals surface area (Å²) >= 11 is 0. The maximum atomic E-state index is 0. The molecular formula is H4BaO3SrW. The average Bonchev–Trinajstić information content (AvgIpc) is 0. The van der Waals surface area contributed by atoms with Crippen LogP contribution in [0.15, 0.2) is 0 Å². The van der Waals surface area contributed by atoms with Crippen LogP contribution in [-0.4, -0.2) is 94.4 Å². The Balaban J connectivity index is 0. The Kier molecular flexibility index (Phi) is 347. The molecule has 0 aliphatic heterocycles. The van der Waals surface area contributed by atoms with Crippen molar-refractivity contribution in [3.8, 4) is 0 Å². The molecule has 6 heavy (non-hydrogen) atoms. The molecule has 0 aromatic carbocycles. The molecule has 0 rings (SSSR count). The summed E-state index contributed by atoms with van der Waals surface area (Å²) in [6.07, 6.45) is 0. The Morgan fingerprint density at radius 3 is 0.667 bits per heavy atom. The third-order valence-electron chi connectivity index (χ3n) is 0. The van der Waals surface area contributed by atoms with Gasteiger partial charge in [0.1, 0.15) is 0 Å². The van der Waals surface area contributed by atoms with Crippen LogP contribution in [0, 0.1) is 0 Å². The van der Waals surface area contributed by atoms with Gasteiger partial charge in [0.25, 0.3) is 0 Å². The average molecular weight is 461 g/mol. The molecule has 0 bridgehead atoms. The maximum Gasteiger partial charge on any atom is 6.00 e. The van der Waals surface area contributed by atoms with Gasteiger partial charge in [0, 0.05) is 0 Å². The van der Waals surface area contributed by atoms with E-state index in [1.54, 1.807) is 0 Å². The Morgan fingerprint density at radius 2 is 0.667 bits per heavy atom. The van der Waals surface area contributed by atoms with Gasteiger partial charge in [0.15, 0.2) is 0 Å². The summed E-state index contributed by atoms with van der Waals surface area (Å²) in [6, 6.07) is 0. The van der Waals surface area contributed by atoms with E-state index in [0.717, 1.165) is 0 Å². The molecule has 0 amide bonds. The van der Waals surface area contributed by atoms with Crippen LogP contribution in [-0.2, 0) is 37.5 Å². The van der Waals surface area contributed by atoms with E-state index in [1.165, 1.54) is 0 Å². The van der Waals surface area contributed by atoms with E-state index in [2.05, 4.69) is 0 Å². The van der Waals surface area contributed by atoms with Gasteiger partial charge in [-0.05, 0) is 0 Å².